The number of aryl methyl sites for hydroxylation is 1. The zero-order valence-electron chi connectivity index (χ0n) is 15.8. The van der Waals surface area contributed by atoms with E-state index in [1.165, 1.54) is 33.0 Å². The van der Waals surface area contributed by atoms with Gasteiger partial charge in [-0.3, -0.25) is 0 Å². The van der Waals surface area contributed by atoms with Crippen LogP contribution in [-0.2, 0) is 29.9 Å². The number of benzene rings is 1. The molecule has 0 N–H and O–H groups in total. The van der Waals surface area contributed by atoms with Crippen LogP contribution in [0.15, 0.2) is 52.8 Å². The van der Waals surface area contributed by atoms with E-state index in [-0.39, 0.29) is 10.8 Å². The van der Waals surface area contributed by atoms with Crippen LogP contribution >= 0.6 is 0 Å². The van der Waals surface area contributed by atoms with Crippen LogP contribution in [0.2, 0.25) is 0 Å². The second-order valence-corrected chi connectivity index (χ2v) is 9.21. The Hall–Kier alpha value is -2.85. The van der Waals surface area contributed by atoms with Gasteiger partial charge in [0.05, 0.1) is 23.8 Å². The molecular weight excluding hydrogens is 395 g/mol. The molecule has 3 aromatic rings. The molecule has 0 fully saturated rings. The van der Waals surface area contributed by atoms with Gasteiger partial charge >= 0.3 is 0 Å². The van der Waals surface area contributed by atoms with Crippen molar-refractivity contribution < 1.29 is 12.8 Å². The van der Waals surface area contributed by atoms with Crippen LogP contribution in [0.5, 0.6) is 0 Å². The largest absolute Gasteiger partial charge is 0.264 e. The lowest BCUT2D eigenvalue weighted by Gasteiger charge is -2.32. The summed E-state index contributed by atoms with van der Waals surface area (Å²) in [6.45, 7) is 0.771. The molecule has 29 heavy (non-hydrogen) atoms. The van der Waals surface area contributed by atoms with Crippen LogP contribution in [0.1, 0.15) is 17.7 Å². The normalized spacial score (nSPS) is 17.3. The van der Waals surface area contributed by atoms with Gasteiger partial charge in [-0.2, -0.15) is 19.3 Å². The predicted octanol–water partition coefficient (Wildman–Crippen LogP) is 1.63. The predicted molar refractivity (Wildman–Crippen MR) is 102 cm³/mol. The molecule has 1 aliphatic heterocycles. The smallest absolute Gasteiger partial charge is 0.237 e. The molecule has 2 aliphatic rings. The number of hydrogen-bond acceptors (Lipinski definition) is 5. The molecule has 3 heterocycles. The fourth-order valence-electron chi connectivity index (χ4n) is 4.00. The molecule has 0 spiro atoms. The van der Waals surface area contributed by atoms with E-state index in [0.29, 0.717) is 25.9 Å². The first-order valence-corrected chi connectivity index (χ1v) is 10.7. The maximum absolute atomic E-state index is 13.2. The number of hydrogen-bond donors (Lipinski definition) is 0. The van der Waals surface area contributed by atoms with Crippen molar-refractivity contribution in [2.45, 2.75) is 24.3 Å². The molecule has 1 aromatic carbocycles. The van der Waals surface area contributed by atoms with Gasteiger partial charge in [0.15, 0.2) is 0 Å². The van der Waals surface area contributed by atoms with Crippen LogP contribution in [0.4, 0.5) is 4.39 Å². The van der Waals surface area contributed by atoms with E-state index in [1.54, 1.807) is 19.2 Å². The monoisotopic (exact) mass is 414 g/mol. The van der Waals surface area contributed by atoms with Gasteiger partial charge in [0.1, 0.15) is 5.82 Å². The molecule has 8 nitrogen and oxygen atoms in total. The van der Waals surface area contributed by atoms with Crippen molar-refractivity contribution in [2.24, 2.45) is 7.05 Å². The van der Waals surface area contributed by atoms with Gasteiger partial charge in [-0.15, -0.1) is 5.10 Å². The van der Waals surface area contributed by atoms with Gasteiger partial charge in [0.2, 0.25) is 5.03 Å². The zero-order chi connectivity index (χ0) is 20.2. The summed E-state index contributed by atoms with van der Waals surface area (Å²) in [7, 11) is -2.07. The third-order valence-electron chi connectivity index (χ3n) is 5.52. The maximum Gasteiger partial charge on any atom is 0.264 e. The molecule has 0 atom stereocenters. The Morgan fingerprint density at radius 2 is 1.83 bits per heavy atom. The first kappa shape index (κ1) is 18.2. The van der Waals surface area contributed by atoms with E-state index in [4.69, 9.17) is 0 Å². The van der Waals surface area contributed by atoms with E-state index in [0.717, 1.165) is 28.9 Å². The molecule has 5 rings (SSSR count). The van der Waals surface area contributed by atoms with E-state index >= 15 is 0 Å². The molecule has 150 valence electrons. The van der Waals surface area contributed by atoms with E-state index in [9.17, 15) is 12.8 Å². The first-order valence-electron chi connectivity index (χ1n) is 9.30. The summed E-state index contributed by atoms with van der Waals surface area (Å²) in [5.74, 6) is -0.281. The summed E-state index contributed by atoms with van der Waals surface area (Å²) >= 11 is 0. The van der Waals surface area contributed by atoms with Crippen molar-refractivity contribution in [3.63, 3.8) is 0 Å². The minimum absolute atomic E-state index is 0.0234. The molecule has 0 radical (unpaired) electrons. The van der Waals surface area contributed by atoms with E-state index in [2.05, 4.69) is 15.3 Å². The SMILES string of the molecule is Cn1ncc(S(=O)(=O)N2CCC3=C(Cc4cnn(-c5ccc(F)cc5)c4C3)C2)n1. The van der Waals surface area contributed by atoms with Crippen LogP contribution in [-0.4, -0.2) is 50.6 Å². The first-order chi connectivity index (χ1) is 13.9. The second kappa shape index (κ2) is 6.60. The molecular formula is C19H19FN6O2S. The second-order valence-electron chi connectivity index (χ2n) is 7.33. The third-order valence-corrected chi connectivity index (χ3v) is 7.23. The minimum Gasteiger partial charge on any atom is -0.237 e. The highest BCUT2D eigenvalue weighted by molar-refractivity contribution is 7.89. The summed E-state index contributed by atoms with van der Waals surface area (Å²) in [5, 5.41) is 12.3. The number of rotatable bonds is 3. The molecule has 0 unspecified atom stereocenters. The Kier molecular flexibility index (Phi) is 4.14. The highest BCUT2D eigenvalue weighted by Gasteiger charge is 2.34. The van der Waals surface area contributed by atoms with Crippen molar-refractivity contribution in [1.29, 1.82) is 0 Å². The molecule has 10 heteroatoms. The molecule has 0 bridgehead atoms. The average molecular weight is 414 g/mol. The van der Waals surface area contributed by atoms with Gasteiger partial charge < -0.3 is 0 Å². The van der Waals surface area contributed by atoms with Crippen molar-refractivity contribution in [2.75, 3.05) is 13.1 Å². The average Bonchev–Trinajstić information content (AvgIpc) is 3.33. The van der Waals surface area contributed by atoms with Crippen molar-refractivity contribution in [3.05, 3.63) is 64.9 Å². The number of halogens is 1. The number of fused-ring (bicyclic) bond motifs is 1. The van der Waals surface area contributed by atoms with Crippen molar-refractivity contribution in [3.8, 4) is 5.69 Å². The number of aromatic nitrogens is 5. The summed E-state index contributed by atoms with van der Waals surface area (Å²) in [4.78, 5) is 1.25. The lowest BCUT2D eigenvalue weighted by atomic mass is 9.86. The highest BCUT2D eigenvalue weighted by atomic mass is 32.2. The lowest BCUT2D eigenvalue weighted by molar-refractivity contribution is 0.409. The lowest BCUT2D eigenvalue weighted by Crippen LogP contribution is -2.39. The van der Waals surface area contributed by atoms with Crippen LogP contribution in [0.3, 0.4) is 0 Å². The maximum atomic E-state index is 13.2. The molecule has 1 aliphatic carbocycles. The summed E-state index contributed by atoms with van der Waals surface area (Å²) in [5.41, 5.74) is 5.36. The van der Waals surface area contributed by atoms with Crippen LogP contribution < -0.4 is 0 Å². The Labute approximate surface area is 167 Å². The quantitative estimate of drug-likeness (QED) is 0.608. The third kappa shape index (κ3) is 3.08. The minimum atomic E-state index is -3.66. The van der Waals surface area contributed by atoms with Crippen molar-refractivity contribution in [1.82, 2.24) is 29.1 Å². The molecule has 0 saturated carbocycles. The highest BCUT2D eigenvalue weighted by Crippen LogP contribution is 2.34. The Morgan fingerprint density at radius 3 is 2.55 bits per heavy atom. The Balaban J connectivity index is 1.41. The molecule has 0 saturated heterocycles. The molecule has 2 aromatic heterocycles. The standard InChI is InChI=1S/C19H19FN6O2S/c1-24-21-11-19(23-24)29(27,28)25-7-6-13-9-18-14(8-15(13)12-25)10-22-26(18)17-4-2-16(20)3-5-17/h2-5,10-11H,6-9,12H2,1H3. The van der Waals surface area contributed by atoms with Crippen molar-refractivity contribution >= 4 is 10.0 Å². The zero-order valence-corrected chi connectivity index (χ0v) is 16.6. The Bertz CT molecular complexity index is 1230. The fraction of sp³-hybridized carbons (Fsp3) is 0.316. The fourth-order valence-corrected chi connectivity index (χ4v) is 5.32. The van der Waals surface area contributed by atoms with E-state index in [1.807, 2.05) is 10.9 Å². The van der Waals surface area contributed by atoms with Gasteiger partial charge in [-0.05, 0) is 42.7 Å². The number of nitrogens with zero attached hydrogens (tertiary/aromatic N) is 6. The molecule has 0 amide bonds. The summed E-state index contributed by atoms with van der Waals surface area (Å²) < 4.78 is 42.3. The van der Waals surface area contributed by atoms with Gasteiger partial charge in [-0.25, -0.2) is 17.5 Å². The summed E-state index contributed by atoms with van der Waals surface area (Å²) in [6.07, 6.45) is 5.16. The number of sulfonamides is 1. The summed E-state index contributed by atoms with van der Waals surface area (Å²) in [6, 6.07) is 6.27. The van der Waals surface area contributed by atoms with E-state index < -0.39 is 10.0 Å². The Morgan fingerprint density at radius 1 is 1.03 bits per heavy atom. The van der Waals surface area contributed by atoms with Gasteiger partial charge in [0, 0.05) is 26.6 Å². The van der Waals surface area contributed by atoms with Gasteiger partial charge in [0.25, 0.3) is 10.0 Å². The van der Waals surface area contributed by atoms with Crippen LogP contribution in [0, 0.1) is 5.82 Å². The van der Waals surface area contributed by atoms with Gasteiger partial charge in [-0.1, -0.05) is 11.1 Å². The van der Waals surface area contributed by atoms with Crippen LogP contribution in [0.25, 0.3) is 5.69 Å². The topological polar surface area (TPSA) is 85.9 Å².